The van der Waals surface area contributed by atoms with Crippen LogP contribution in [0.25, 0.3) is 21.5 Å². The molecule has 0 amide bonds. The Labute approximate surface area is 204 Å². The first-order valence-electron chi connectivity index (χ1n) is 12.6. The highest BCUT2D eigenvalue weighted by atomic mass is 16.7. The number of benzene rings is 4. The predicted molar refractivity (Wildman–Crippen MR) is 145 cm³/mol. The molecule has 0 aliphatic heterocycles. The SMILES string of the molecule is CCOC(Oc1ccc(C(CC(C)(C)C)C(C)C)cc1)c1c2ccccc2cc2ccccc12. The van der Waals surface area contributed by atoms with Crippen molar-refractivity contribution >= 4 is 21.5 Å². The van der Waals surface area contributed by atoms with Gasteiger partial charge in [0, 0.05) is 12.2 Å². The lowest BCUT2D eigenvalue weighted by molar-refractivity contribution is -0.0767. The highest BCUT2D eigenvalue weighted by molar-refractivity contribution is 6.02. The van der Waals surface area contributed by atoms with E-state index in [1.165, 1.54) is 27.1 Å². The first-order valence-corrected chi connectivity index (χ1v) is 12.6. The number of hydrogen-bond acceptors (Lipinski definition) is 2. The Morgan fingerprint density at radius 3 is 1.82 bits per heavy atom. The molecule has 4 aromatic rings. The molecule has 4 rings (SSSR count). The Bertz CT molecular complexity index is 1180. The number of ether oxygens (including phenoxy) is 2. The van der Waals surface area contributed by atoms with E-state index in [0.29, 0.717) is 23.9 Å². The average molecular weight is 455 g/mol. The van der Waals surface area contributed by atoms with Crippen LogP contribution in [0.4, 0.5) is 0 Å². The van der Waals surface area contributed by atoms with Crippen LogP contribution in [0.1, 0.15) is 71.3 Å². The van der Waals surface area contributed by atoms with Gasteiger partial charge in [-0.3, -0.25) is 0 Å². The fourth-order valence-corrected chi connectivity index (χ4v) is 4.95. The van der Waals surface area contributed by atoms with Crippen molar-refractivity contribution in [2.75, 3.05) is 6.61 Å². The quantitative estimate of drug-likeness (QED) is 0.195. The number of fused-ring (bicyclic) bond motifs is 2. The van der Waals surface area contributed by atoms with Crippen LogP contribution in [-0.2, 0) is 4.74 Å². The number of rotatable bonds is 8. The summed E-state index contributed by atoms with van der Waals surface area (Å²) in [5, 5.41) is 4.73. The third-order valence-corrected chi connectivity index (χ3v) is 6.56. The summed E-state index contributed by atoms with van der Waals surface area (Å²) >= 11 is 0. The molecule has 178 valence electrons. The van der Waals surface area contributed by atoms with E-state index in [1.54, 1.807) is 0 Å². The maximum absolute atomic E-state index is 6.53. The van der Waals surface area contributed by atoms with Gasteiger partial charge in [-0.2, -0.15) is 0 Å². The van der Waals surface area contributed by atoms with E-state index in [0.717, 1.165) is 17.7 Å². The topological polar surface area (TPSA) is 18.5 Å². The highest BCUT2D eigenvalue weighted by Gasteiger charge is 2.24. The van der Waals surface area contributed by atoms with Crippen molar-refractivity contribution in [2.24, 2.45) is 11.3 Å². The second kappa shape index (κ2) is 10.2. The smallest absolute Gasteiger partial charge is 0.227 e. The van der Waals surface area contributed by atoms with Crippen molar-refractivity contribution in [3.8, 4) is 5.75 Å². The first-order chi connectivity index (χ1) is 16.3. The van der Waals surface area contributed by atoms with Crippen LogP contribution in [0.5, 0.6) is 5.75 Å². The van der Waals surface area contributed by atoms with Gasteiger partial charge in [-0.1, -0.05) is 95.3 Å². The Morgan fingerprint density at radius 1 is 0.765 bits per heavy atom. The molecule has 0 saturated carbocycles. The van der Waals surface area contributed by atoms with Gasteiger partial charge in [0.05, 0.1) is 0 Å². The highest BCUT2D eigenvalue weighted by Crippen LogP contribution is 2.38. The molecule has 0 saturated heterocycles. The summed E-state index contributed by atoms with van der Waals surface area (Å²) in [5.74, 6) is 1.94. The lowest BCUT2D eigenvalue weighted by atomic mass is 9.76. The fourth-order valence-electron chi connectivity index (χ4n) is 4.95. The Hall–Kier alpha value is -2.84. The van der Waals surface area contributed by atoms with Crippen molar-refractivity contribution in [2.45, 2.75) is 60.2 Å². The van der Waals surface area contributed by atoms with Gasteiger partial charge in [-0.15, -0.1) is 0 Å². The molecule has 0 aliphatic carbocycles. The molecule has 4 aromatic carbocycles. The van der Waals surface area contributed by atoms with Crippen molar-refractivity contribution in [1.82, 2.24) is 0 Å². The monoisotopic (exact) mass is 454 g/mol. The summed E-state index contributed by atoms with van der Waals surface area (Å²) in [7, 11) is 0. The van der Waals surface area contributed by atoms with Crippen LogP contribution in [0.3, 0.4) is 0 Å². The molecule has 0 aliphatic rings. The van der Waals surface area contributed by atoms with Crippen molar-refractivity contribution < 1.29 is 9.47 Å². The van der Waals surface area contributed by atoms with Gasteiger partial charge < -0.3 is 9.47 Å². The van der Waals surface area contributed by atoms with Crippen LogP contribution < -0.4 is 4.74 Å². The largest absolute Gasteiger partial charge is 0.461 e. The van der Waals surface area contributed by atoms with Crippen LogP contribution in [0.2, 0.25) is 0 Å². The van der Waals surface area contributed by atoms with Crippen LogP contribution in [-0.4, -0.2) is 6.61 Å². The molecule has 0 aromatic heterocycles. The van der Waals surface area contributed by atoms with Crippen molar-refractivity contribution in [3.05, 3.63) is 90.0 Å². The van der Waals surface area contributed by atoms with Gasteiger partial charge in [0.25, 0.3) is 0 Å². The van der Waals surface area contributed by atoms with E-state index < -0.39 is 6.29 Å². The van der Waals surface area contributed by atoms with Gasteiger partial charge in [0.15, 0.2) is 0 Å². The first kappa shape index (κ1) is 24.3. The Kier molecular flexibility index (Phi) is 7.28. The molecule has 0 bridgehead atoms. The lowest BCUT2D eigenvalue weighted by Gasteiger charge is -2.29. The van der Waals surface area contributed by atoms with Gasteiger partial charge in [-0.05, 0) is 75.9 Å². The molecule has 2 heteroatoms. The summed E-state index contributed by atoms with van der Waals surface area (Å²) in [6, 6.07) is 27.9. The van der Waals surface area contributed by atoms with Gasteiger partial charge in [-0.25, -0.2) is 0 Å². The van der Waals surface area contributed by atoms with Gasteiger partial charge >= 0.3 is 0 Å². The molecule has 2 nitrogen and oxygen atoms in total. The molecule has 0 radical (unpaired) electrons. The third-order valence-electron chi connectivity index (χ3n) is 6.56. The average Bonchev–Trinajstić information content (AvgIpc) is 2.80. The summed E-state index contributed by atoms with van der Waals surface area (Å²) in [6.45, 7) is 14.2. The zero-order chi connectivity index (χ0) is 24.3. The van der Waals surface area contributed by atoms with Crippen LogP contribution in [0.15, 0.2) is 78.9 Å². The minimum Gasteiger partial charge on any atom is -0.461 e. The van der Waals surface area contributed by atoms with E-state index in [4.69, 9.17) is 9.47 Å². The Balaban J connectivity index is 1.70. The van der Waals surface area contributed by atoms with E-state index in [-0.39, 0.29) is 0 Å². The minimum absolute atomic E-state index is 0.291. The molecule has 0 spiro atoms. The van der Waals surface area contributed by atoms with Crippen molar-refractivity contribution in [1.29, 1.82) is 0 Å². The molecule has 2 atom stereocenters. The minimum atomic E-state index is -0.484. The van der Waals surface area contributed by atoms with Gasteiger partial charge in [0.1, 0.15) is 5.75 Å². The van der Waals surface area contributed by atoms with E-state index in [2.05, 4.69) is 113 Å². The summed E-state index contributed by atoms with van der Waals surface area (Å²) in [4.78, 5) is 0. The normalized spacial score (nSPS) is 14.0. The molecule has 2 unspecified atom stereocenters. The van der Waals surface area contributed by atoms with E-state index in [1.807, 2.05) is 6.92 Å². The second-order valence-corrected chi connectivity index (χ2v) is 10.8. The zero-order valence-corrected chi connectivity index (χ0v) is 21.5. The zero-order valence-electron chi connectivity index (χ0n) is 21.5. The number of hydrogen-bond donors (Lipinski definition) is 0. The van der Waals surface area contributed by atoms with Crippen molar-refractivity contribution in [3.63, 3.8) is 0 Å². The maximum atomic E-state index is 6.53. The Morgan fingerprint density at radius 2 is 1.32 bits per heavy atom. The van der Waals surface area contributed by atoms with Crippen LogP contribution in [0, 0.1) is 11.3 Å². The molecule has 34 heavy (non-hydrogen) atoms. The predicted octanol–water partition coefficient (Wildman–Crippen LogP) is 9.28. The molecular formula is C32H38O2. The second-order valence-electron chi connectivity index (χ2n) is 10.8. The molecule has 0 N–H and O–H groups in total. The molecule has 0 fully saturated rings. The lowest BCUT2D eigenvalue weighted by Crippen LogP contribution is -2.16. The summed E-state index contributed by atoms with van der Waals surface area (Å²) < 4.78 is 12.7. The molecule has 0 heterocycles. The standard InChI is InChI=1S/C32H38O2/c1-7-33-31(30-27-14-10-8-12-24(27)20-25-13-9-11-15-28(25)30)34-26-18-16-23(17-19-26)29(22(2)3)21-32(4,5)6/h8-20,22,29,31H,7,21H2,1-6H3. The maximum Gasteiger partial charge on any atom is 0.227 e. The van der Waals surface area contributed by atoms with Gasteiger partial charge in [0.2, 0.25) is 6.29 Å². The van der Waals surface area contributed by atoms with E-state index in [9.17, 15) is 0 Å². The fraction of sp³-hybridized carbons (Fsp3) is 0.375. The van der Waals surface area contributed by atoms with E-state index >= 15 is 0 Å². The third kappa shape index (κ3) is 5.45. The summed E-state index contributed by atoms with van der Waals surface area (Å²) in [5.41, 5.74) is 2.76. The molecular weight excluding hydrogens is 416 g/mol. The summed E-state index contributed by atoms with van der Waals surface area (Å²) in [6.07, 6.45) is 0.677. The van der Waals surface area contributed by atoms with Crippen LogP contribution >= 0.6 is 0 Å².